The van der Waals surface area contributed by atoms with Crippen LogP contribution < -0.4 is 5.32 Å². The van der Waals surface area contributed by atoms with Crippen LogP contribution >= 0.6 is 11.6 Å². The highest BCUT2D eigenvalue weighted by Gasteiger charge is 2.31. The summed E-state index contributed by atoms with van der Waals surface area (Å²) < 4.78 is 2.15. The van der Waals surface area contributed by atoms with Crippen LogP contribution in [0, 0.1) is 0 Å². The van der Waals surface area contributed by atoms with E-state index in [1.54, 1.807) is 18.3 Å². The zero-order chi connectivity index (χ0) is 18.1. The molecule has 134 valence electrons. The summed E-state index contributed by atoms with van der Waals surface area (Å²) in [5.74, 6) is 1.23. The van der Waals surface area contributed by atoms with Crippen molar-refractivity contribution >= 4 is 34.5 Å². The monoisotopic (exact) mass is 369 g/mol. The predicted molar refractivity (Wildman–Crippen MR) is 103 cm³/mol. The van der Waals surface area contributed by atoms with Gasteiger partial charge in [0.25, 0.3) is 0 Å². The highest BCUT2D eigenvalue weighted by Crippen LogP contribution is 2.29. The lowest BCUT2D eigenvalue weighted by molar-refractivity contribution is 0.222. The fourth-order valence-electron chi connectivity index (χ4n) is 3.52. The maximum absolute atomic E-state index is 12.6. The number of imidazole rings is 1. The second-order valence-electron chi connectivity index (χ2n) is 6.43. The molecule has 0 radical (unpaired) electrons. The summed E-state index contributed by atoms with van der Waals surface area (Å²) in [6.45, 7) is 4.26. The molecule has 0 saturated carbocycles. The van der Waals surface area contributed by atoms with Gasteiger partial charge in [-0.25, -0.2) is 14.8 Å². The number of carbonyl (C=O) groups is 1. The molecule has 0 bridgehead atoms. The minimum atomic E-state index is -0.105. The second kappa shape index (κ2) is 6.96. The zero-order valence-corrected chi connectivity index (χ0v) is 15.3. The number of carbonyl (C=O) groups excluding carboxylic acids is 1. The molecule has 4 rings (SSSR count). The van der Waals surface area contributed by atoms with Crippen LogP contribution in [0.5, 0.6) is 0 Å². The fraction of sp³-hybridized carbons (Fsp3) is 0.316. The summed E-state index contributed by atoms with van der Waals surface area (Å²) >= 11 is 5.98. The average molecular weight is 370 g/mol. The molecular weight excluding hydrogens is 350 g/mol. The third-order valence-corrected chi connectivity index (χ3v) is 5.00. The molecule has 2 aromatic heterocycles. The van der Waals surface area contributed by atoms with E-state index < -0.39 is 0 Å². The largest absolute Gasteiger partial charge is 0.324 e. The summed E-state index contributed by atoms with van der Waals surface area (Å²) in [4.78, 5) is 23.6. The number of likely N-dealkylation sites (tertiary alicyclic amines) is 1. The molecule has 0 spiro atoms. The molecule has 6 nitrogen and oxygen atoms in total. The smallest absolute Gasteiger partial charge is 0.321 e. The number of hydrogen-bond donors (Lipinski definition) is 1. The Balaban J connectivity index is 1.51. The first-order valence-electron chi connectivity index (χ1n) is 8.78. The van der Waals surface area contributed by atoms with Gasteiger partial charge in [-0.2, -0.15) is 0 Å². The summed E-state index contributed by atoms with van der Waals surface area (Å²) in [6.07, 6.45) is 2.69. The topological polar surface area (TPSA) is 63.1 Å². The van der Waals surface area contributed by atoms with Crippen molar-refractivity contribution in [2.75, 3.05) is 18.4 Å². The van der Waals surface area contributed by atoms with E-state index in [0.29, 0.717) is 23.8 Å². The van der Waals surface area contributed by atoms with Crippen molar-refractivity contribution in [3.8, 4) is 0 Å². The van der Waals surface area contributed by atoms with Gasteiger partial charge in [-0.05, 0) is 43.7 Å². The number of amides is 2. The number of aromatic nitrogens is 3. The molecule has 3 aromatic rings. The summed E-state index contributed by atoms with van der Waals surface area (Å²) in [5, 5.41) is 3.52. The van der Waals surface area contributed by atoms with Crippen molar-refractivity contribution in [1.29, 1.82) is 0 Å². The Bertz CT molecular complexity index is 954. The molecule has 3 heterocycles. The van der Waals surface area contributed by atoms with E-state index in [1.807, 2.05) is 29.2 Å². The third kappa shape index (κ3) is 3.12. The zero-order valence-electron chi connectivity index (χ0n) is 14.5. The molecule has 2 amide bonds. The Morgan fingerprint density at radius 2 is 2.23 bits per heavy atom. The number of nitrogens with zero attached hydrogens (tertiary/aromatic N) is 4. The molecule has 1 saturated heterocycles. The van der Waals surface area contributed by atoms with Gasteiger partial charge in [-0.1, -0.05) is 17.7 Å². The van der Waals surface area contributed by atoms with Crippen molar-refractivity contribution < 1.29 is 4.79 Å². The van der Waals surface area contributed by atoms with Crippen LogP contribution in [0.25, 0.3) is 11.2 Å². The Kier molecular flexibility index (Phi) is 4.51. The molecule has 0 aliphatic carbocycles. The molecular formula is C19H20ClN5O. The van der Waals surface area contributed by atoms with Crippen LogP contribution in [0.4, 0.5) is 10.5 Å². The first-order chi connectivity index (χ1) is 12.7. The van der Waals surface area contributed by atoms with E-state index in [4.69, 9.17) is 16.6 Å². The lowest BCUT2D eigenvalue weighted by Gasteiger charge is -2.18. The number of aryl methyl sites for hydroxylation is 1. The van der Waals surface area contributed by atoms with Crippen LogP contribution in [0.15, 0.2) is 42.6 Å². The SMILES string of the molecule is CCn1c([C@@H]2CCN(C(=O)Nc3cccc(Cl)c3)C2)nc2cccnc21. The standard InChI is InChI=1S/C19H20ClN5O/c1-2-25-17(23-16-7-4-9-21-18(16)25)13-8-10-24(12-13)19(26)22-15-6-3-5-14(20)11-15/h3-7,9,11,13H,2,8,10,12H2,1H3,(H,22,26)/t13-/m1/s1. The number of rotatable bonds is 3. The van der Waals surface area contributed by atoms with Crippen molar-refractivity contribution in [2.24, 2.45) is 0 Å². The first kappa shape index (κ1) is 16.8. The fourth-order valence-corrected chi connectivity index (χ4v) is 3.71. The Labute approximate surface area is 156 Å². The number of hydrogen-bond acceptors (Lipinski definition) is 3. The number of halogens is 1. The quantitative estimate of drug-likeness (QED) is 0.755. The van der Waals surface area contributed by atoms with Gasteiger partial charge in [0.05, 0.1) is 0 Å². The Hall–Kier alpha value is -2.60. The van der Waals surface area contributed by atoms with Crippen LogP contribution in [0.3, 0.4) is 0 Å². The van der Waals surface area contributed by atoms with Crippen molar-refractivity contribution in [1.82, 2.24) is 19.4 Å². The normalized spacial score (nSPS) is 17.0. The molecule has 26 heavy (non-hydrogen) atoms. The van der Waals surface area contributed by atoms with E-state index in [-0.39, 0.29) is 11.9 Å². The number of benzene rings is 1. The third-order valence-electron chi connectivity index (χ3n) is 4.77. The number of anilines is 1. The van der Waals surface area contributed by atoms with Gasteiger partial charge in [-0.15, -0.1) is 0 Å². The Morgan fingerprint density at radius 1 is 1.35 bits per heavy atom. The number of pyridine rings is 1. The minimum absolute atomic E-state index is 0.105. The molecule has 1 aromatic carbocycles. The van der Waals surface area contributed by atoms with Crippen LogP contribution in [0.1, 0.15) is 25.1 Å². The maximum Gasteiger partial charge on any atom is 0.321 e. The molecule has 1 aliphatic heterocycles. The van der Waals surface area contributed by atoms with E-state index in [2.05, 4.69) is 21.8 Å². The van der Waals surface area contributed by atoms with Gasteiger partial charge in [0.1, 0.15) is 11.3 Å². The number of urea groups is 1. The predicted octanol–water partition coefficient (Wildman–Crippen LogP) is 4.13. The van der Waals surface area contributed by atoms with Gasteiger partial charge in [0.15, 0.2) is 5.65 Å². The van der Waals surface area contributed by atoms with E-state index >= 15 is 0 Å². The van der Waals surface area contributed by atoms with Gasteiger partial charge in [-0.3, -0.25) is 0 Å². The van der Waals surface area contributed by atoms with Crippen LogP contribution in [-0.4, -0.2) is 38.6 Å². The number of fused-ring (bicyclic) bond motifs is 1. The minimum Gasteiger partial charge on any atom is -0.324 e. The molecule has 1 aliphatic rings. The van der Waals surface area contributed by atoms with Crippen LogP contribution in [-0.2, 0) is 6.54 Å². The van der Waals surface area contributed by atoms with E-state index in [1.165, 1.54) is 0 Å². The van der Waals surface area contributed by atoms with Gasteiger partial charge in [0, 0.05) is 42.5 Å². The molecule has 0 unspecified atom stereocenters. The maximum atomic E-state index is 12.6. The number of nitrogens with one attached hydrogen (secondary N) is 1. The van der Waals surface area contributed by atoms with Crippen molar-refractivity contribution in [3.63, 3.8) is 0 Å². The average Bonchev–Trinajstić information content (AvgIpc) is 3.26. The van der Waals surface area contributed by atoms with E-state index in [9.17, 15) is 4.79 Å². The summed E-state index contributed by atoms with van der Waals surface area (Å²) in [6, 6.07) is 11.0. The van der Waals surface area contributed by atoms with Gasteiger partial charge < -0.3 is 14.8 Å². The van der Waals surface area contributed by atoms with Crippen LogP contribution in [0.2, 0.25) is 5.02 Å². The first-order valence-corrected chi connectivity index (χ1v) is 9.16. The lowest BCUT2D eigenvalue weighted by atomic mass is 10.1. The van der Waals surface area contributed by atoms with Crippen molar-refractivity contribution in [3.05, 3.63) is 53.4 Å². The van der Waals surface area contributed by atoms with Gasteiger partial charge in [0.2, 0.25) is 0 Å². The highest BCUT2D eigenvalue weighted by molar-refractivity contribution is 6.30. The summed E-state index contributed by atoms with van der Waals surface area (Å²) in [7, 11) is 0. The second-order valence-corrected chi connectivity index (χ2v) is 6.87. The molecule has 1 N–H and O–H groups in total. The Morgan fingerprint density at radius 3 is 3.04 bits per heavy atom. The molecule has 7 heteroatoms. The summed E-state index contributed by atoms with van der Waals surface area (Å²) in [5.41, 5.74) is 2.52. The van der Waals surface area contributed by atoms with Gasteiger partial charge >= 0.3 is 6.03 Å². The van der Waals surface area contributed by atoms with Crippen molar-refractivity contribution in [2.45, 2.75) is 25.8 Å². The molecule has 1 atom stereocenters. The van der Waals surface area contributed by atoms with E-state index in [0.717, 1.165) is 30.0 Å². The molecule has 1 fully saturated rings. The highest BCUT2D eigenvalue weighted by atomic mass is 35.5. The lowest BCUT2D eigenvalue weighted by Crippen LogP contribution is -2.33.